The molecule has 0 bridgehead atoms. The summed E-state index contributed by atoms with van der Waals surface area (Å²) in [5.41, 5.74) is 0. The van der Waals surface area contributed by atoms with E-state index in [9.17, 15) is 0 Å². The number of unbranched alkanes of at least 4 members (excludes halogenated alkanes) is 5. The second kappa shape index (κ2) is 15.7. The molecule has 0 aliphatic rings. The Morgan fingerprint density at radius 3 is 1.20 bits per heavy atom. The molecule has 0 spiro atoms. The molecule has 0 aromatic rings. The van der Waals surface area contributed by atoms with Crippen molar-refractivity contribution < 1.29 is 19.8 Å². The van der Waals surface area contributed by atoms with Gasteiger partial charge in [0.05, 0.1) is 0 Å². The third-order valence-electron chi connectivity index (χ3n) is 1.64. The predicted octanol–water partition coefficient (Wildman–Crippen LogP) is 2.94. The summed E-state index contributed by atoms with van der Waals surface area (Å²) in [4.78, 5) is 18.2. The minimum absolute atomic E-state index is 0. The highest BCUT2D eigenvalue weighted by Crippen LogP contribution is 2.03. The monoisotopic (exact) mass is 240 g/mol. The van der Waals surface area contributed by atoms with Gasteiger partial charge in [-0.05, 0) is 0 Å². The third-order valence-corrected chi connectivity index (χ3v) is 1.64. The second-order valence-corrected chi connectivity index (χ2v) is 3.02. The van der Waals surface area contributed by atoms with Crippen LogP contribution in [0, 0.1) is 0 Å². The van der Waals surface area contributed by atoms with Crippen LogP contribution in [0.15, 0.2) is 0 Å². The highest BCUT2D eigenvalue weighted by atomic mass is 35.5. The lowest BCUT2D eigenvalue weighted by Crippen LogP contribution is -2.09. The van der Waals surface area contributed by atoms with Crippen molar-refractivity contribution in [2.24, 2.45) is 0 Å². The van der Waals surface area contributed by atoms with Gasteiger partial charge >= 0.3 is 11.9 Å². The van der Waals surface area contributed by atoms with Gasteiger partial charge in [0, 0.05) is 0 Å². The van der Waals surface area contributed by atoms with E-state index in [1.165, 1.54) is 38.5 Å². The quantitative estimate of drug-likeness (QED) is 0.572. The molecule has 0 atom stereocenters. The molecule has 2 N–H and O–H groups in total. The molecular formula is C10H21ClO4. The summed E-state index contributed by atoms with van der Waals surface area (Å²) in [5, 5.41) is 14.8. The van der Waals surface area contributed by atoms with E-state index in [1.807, 2.05) is 0 Å². The molecule has 0 radical (unpaired) electrons. The number of carboxylic acid groups (broad SMARTS) is 2. The summed E-state index contributed by atoms with van der Waals surface area (Å²) in [5.74, 6) is -3.65. The van der Waals surface area contributed by atoms with E-state index < -0.39 is 11.9 Å². The molecule has 15 heavy (non-hydrogen) atoms. The van der Waals surface area contributed by atoms with Gasteiger partial charge in [0.25, 0.3) is 0 Å². The van der Waals surface area contributed by atoms with Crippen LogP contribution in [-0.2, 0) is 9.59 Å². The molecule has 0 aliphatic heterocycles. The number of hydrogen-bond donors (Lipinski definition) is 2. The molecule has 0 rings (SSSR count). The Kier molecular flexibility index (Phi) is 20.7. The third kappa shape index (κ3) is 24.6. The highest BCUT2D eigenvalue weighted by Gasteiger charge is 2.04. The van der Waals surface area contributed by atoms with Gasteiger partial charge in [-0.3, -0.25) is 0 Å². The smallest absolute Gasteiger partial charge is 0.414 e. The molecular weight excluding hydrogens is 220 g/mol. The fraction of sp³-hybridized carbons (Fsp3) is 0.800. The maximum absolute atomic E-state index is 9.10. The minimum atomic E-state index is -1.82. The fourth-order valence-corrected chi connectivity index (χ4v) is 0.854. The van der Waals surface area contributed by atoms with E-state index in [2.05, 4.69) is 13.8 Å². The summed E-state index contributed by atoms with van der Waals surface area (Å²) in [7, 11) is 0. The number of carbonyl (C=O) groups is 2. The number of hydrogen-bond acceptors (Lipinski definition) is 2. The summed E-state index contributed by atoms with van der Waals surface area (Å²) >= 11 is 0. The van der Waals surface area contributed by atoms with Gasteiger partial charge in [0.15, 0.2) is 0 Å². The Morgan fingerprint density at radius 2 is 1.07 bits per heavy atom. The Hall–Kier alpha value is -0.770. The van der Waals surface area contributed by atoms with E-state index in [0.29, 0.717) is 0 Å². The van der Waals surface area contributed by atoms with Crippen molar-refractivity contribution in [2.45, 2.75) is 52.4 Å². The van der Waals surface area contributed by atoms with Gasteiger partial charge in [-0.1, -0.05) is 52.4 Å². The van der Waals surface area contributed by atoms with Gasteiger partial charge in [-0.25, -0.2) is 9.59 Å². The Bertz CT molecular complexity index is 142. The van der Waals surface area contributed by atoms with Crippen LogP contribution in [0.1, 0.15) is 52.4 Å². The van der Waals surface area contributed by atoms with E-state index in [-0.39, 0.29) is 12.4 Å². The molecule has 5 heteroatoms. The first kappa shape index (κ1) is 19.7. The second-order valence-electron chi connectivity index (χ2n) is 3.02. The number of rotatable bonds is 5. The van der Waals surface area contributed by atoms with Crippen LogP contribution in [0.3, 0.4) is 0 Å². The molecule has 0 saturated heterocycles. The van der Waals surface area contributed by atoms with Crippen molar-refractivity contribution in [3.8, 4) is 0 Å². The minimum Gasteiger partial charge on any atom is -0.473 e. The Labute approximate surface area is 97.1 Å². The van der Waals surface area contributed by atoms with Crippen LogP contribution in [0.2, 0.25) is 0 Å². The summed E-state index contributed by atoms with van der Waals surface area (Å²) < 4.78 is 0. The van der Waals surface area contributed by atoms with Gasteiger partial charge in [0.1, 0.15) is 0 Å². The summed E-state index contributed by atoms with van der Waals surface area (Å²) in [6, 6.07) is 0. The molecule has 4 nitrogen and oxygen atoms in total. The van der Waals surface area contributed by atoms with Crippen LogP contribution < -0.4 is 0 Å². The van der Waals surface area contributed by atoms with Crippen LogP contribution in [0.25, 0.3) is 0 Å². The summed E-state index contributed by atoms with van der Waals surface area (Å²) in [6.07, 6.45) is 8.49. The first-order chi connectivity index (χ1) is 6.56. The lowest BCUT2D eigenvalue weighted by molar-refractivity contribution is -0.159. The van der Waals surface area contributed by atoms with Gasteiger partial charge in [-0.15, -0.1) is 12.4 Å². The van der Waals surface area contributed by atoms with E-state index in [0.717, 1.165) is 0 Å². The molecule has 0 fully saturated rings. The SMILES string of the molecule is CCCCCCCC.Cl.O=C(O)C(=O)O. The van der Waals surface area contributed by atoms with Gasteiger partial charge in [0.2, 0.25) is 0 Å². The first-order valence-corrected chi connectivity index (χ1v) is 5.02. The van der Waals surface area contributed by atoms with Crippen molar-refractivity contribution in [3.63, 3.8) is 0 Å². The zero-order valence-corrected chi connectivity index (χ0v) is 10.2. The maximum Gasteiger partial charge on any atom is 0.414 e. The number of aliphatic carboxylic acids is 2. The van der Waals surface area contributed by atoms with Crippen molar-refractivity contribution in [1.29, 1.82) is 0 Å². The summed E-state index contributed by atoms with van der Waals surface area (Å²) in [6.45, 7) is 4.51. The zero-order valence-electron chi connectivity index (χ0n) is 9.36. The van der Waals surface area contributed by atoms with Crippen molar-refractivity contribution in [3.05, 3.63) is 0 Å². The lowest BCUT2D eigenvalue weighted by Gasteiger charge is -1.93. The van der Waals surface area contributed by atoms with Crippen LogP contribution in [0.4, 0.5) is 0 Å². The number of carboxylic acids is 2. The van der Waals surface area contributed by atoms with Crippen molar-refractivity contribution in [1.82, 2.24) is 0 Å². The highest BCUT2D eigenvalue weighted by molar-refractivity contribution is 6.27. The molecule has 0 heterocycles. The molecule has 0 aliphatic carbocycles. The molecule has 0 amide bonds. The number of halogens is 1. The Morgan fingerprint density at radius 1 is 0.800 bits per heavy atom. The molecule has 0 aromatic heterocycles. The Balaban J connectivity index is -0.000000187. The largest absolute Gasteiger partial charge is 0.473 e. The lowest BCUT2D eigenvalue weighted by atomic mass is 10.1. The van der Waals surface area contributed by atoms with Gasteiger partial charge in [-0.2, -0.15) is 0 Å². The van der Waals surface area contributed by atoms with Crippen LogP contribution in [0.5, 0.6) is 0 Å². The molecule has 0 saturated carbocycles. The van der Waals surface area contributed by atoms with Crippen LogP contribution >= 0.6 is 12.4 Å². The van der Waals surface area contributed by atoms with E-state index >= 15 is 0 Å². The molecule has 0 aromatic carbocycles. The zero-order chi connectivity index (χ0) is 11.4. The van der Waals surface area contributed by atoms with Crippen molar-refractivity contribution in [2.75, 3.05) is 0 Å². The molecule has 0 unspecified atom stereocenters. The standard InChI is InChI=1S/C8H18.C2H2O4.ClH/c1-3-5-7-8-6-4-2;3-1(4)2(5)6;/h3-8H2,1-2H3;(H,3,4)(H,5,6);1H. The predicted molar refractivity (Wildman–Crippen MR) is 61.6 cm³/mol. The van der Waals surface area contributed by atoms with E-state index in [1.54, 1.807) is 0 Å². The fourth-order valence-electron chi connectivity index (χ4n) is 0.854. The van der Waals surface area contributed by atoms with Crippen molar-refractivity contribution >= 4 is 24.3 Å². The van der Waals surface area contributed by atoms with Gasteiger partial charge < -0.3 is 10.2 Å². The normalized spacial score (nSPS) is 8.13. The maximum atomic E-state index is 9.10. The first-order valence-electron chi connectivity index (χ1n) is 5.02. The average Bonchev–Trinajstić information content (AvgIpc) is 2.13. The molecule has 92 valence electrons. The van der Waals surface area contributed by atoms with Crippen LogP contribution in [-0.4, -0.2) is 22.2 Å². The topological polar surface area (TPSA) is 74.6 Å². The van der Waals surface area contributed by atoms with E-state index in [4.69, 9.17) is 19.8 Å². The average molecular weight is 241 g/mol.